The van der Waals surface area contributed by atoms with Crippen LogP contribution >= 0.6 is 0 Å². The minimum atomic E-state index is -0.936. The lowest BCUT2D eigenvalue weighted by atomic mass is 9.94. The largest absolute Gasteiger partial charge is 0.481 e. The highest BCUT2D eigenvalue weighted by atomic mass is 16.5. The van der Waals surface area contributed by atoms with Crippen LogP contribution in [0.1, 0.15) is 26.7 Å². The number of carboxylic acids is 1. The molecule has 2 N–H and O–H groups in total. The molecule has 0 aromatic carbocycles. The Morgan fingerprint density at radius 2 is 2.12 bits per heavy atom. The normalized spacial score (nSPS) is 10.9. The summed E-state index contributed by atoms with van der Waals surface area (Å²) in [7, 11) is 0. The number of carboxylic acid groups (broad SMARTS) is 1. The van der Waals surface area contributed by atoms with Crippen molar-refractivity contribution in [3.63, 3.8) is 0 Å². The standard InChI is InChI=1S/C12H21NO4/c1-4-7-17-8-5-6-10(14)13-9-12(2,3)11(15)16/h4H,1,5-9H2,2-3H3,(H,13,14)(H,15,16). The van der Waals surface area contributed by atoms with Crippen LogP contribution < -0.4 is 5.32 Å². The third-order valence-corrected chi connectivity index (χ3v) is 2.23. The first-order valence-corrected chi connectivity index (χ1v) is 5.59. The fourth-order valence-corrected chi connectivity index (χ4v) is 0.985. The number of nitrogens with one attached hydrogen (secondary N) is 1. The highest BCUT2D eigenvalue weighted by Crippen LogP contribution is 2.13. The third-order valence-electron chi connectivity index (χ3n) is 2.23. The number of ether oxygens (including phenoxy) is 1. The van der Waals surface area contributed by atoms with Crippen molar-refractivity contribution in [1.82, 2.24) is 5.32 Å². The summed E-state index contributed by atoms with van der Waals surface area (Å²) in [4.78, 5) is 22.2. The molecular formula is C12H21NO4. The van der Waals surface area contributed by atoms with E-state index in [2.05, 4.69) is 11.9 Å². The zero-order valence-electron chi connectivity index (χ0n) is 10.5. The minimum absolute atomic E-state index is 0.134. The molecule has 0 aromatic heterocycles. The number of amides is 1. The van der Waals surface area contributed by atoms with Gasteiger partial charge in [-0.05, 0) is 20.3 Å². The van der Waals surface area contributed by atoms with Gasteiger partial charge in [-0.25, -0.2) is 0 Å². The summed E-state index contributed by atoms with van der Waals surface area (Å²) >= 11 is 0. The Kier molecular flexibility index (Phi) is 7.21. The molecule has 1 amide bonds. The average Bonchev–Trinajstić information content (AvgIpc) is 2.26. The average molecular weight is 243 g/mol. The van der Waals surface area contributed by atoms with Crippen molar-refractivity contribution < 1.29 is 19.4 Å². The maximum Gasteiger partial charge on any atom is 0.310 e. The van der Waals surface area contributed by atoms with Gasteiger partial charge in [-0.3, -0.25) is 9.59 Å². The number of aliphatic carboxylic acids is 1. The molecule has 0 heterocycles. The second-order valence-corrected chi connectivity index (χ2v) is 4.43. The van der Waals surface area contributed by atoms with E-state index in [0.717, 1.165) is 0 Å². The lowest BCUT2D eigenvalue weighted by Gasteiger charge is -2.19. The molecule has 0 radical (unpaired) electrons. The zero-order chi connectivity index (χ0) is 13.3. The molecule has 0 saturated heterocycles. The molecular weight excluding hydrogens is 222 g/mol. The van der Waals surface area contributed by atoms with E-state index in [9.17, 15) is 9.59 Å². The first kappa shape index (κ1) is 15.6. The summed E-state index contributed by atoms with van der Waals surface area (Å²) < 4.78 is 5.12. The minimum Gasteiger partial charge on any atom is -0.481 e. The van der Waals surface area contributed by atoms with Crippen LogP contribution in [-0.4, -0.2) is 36.7 Å². The van der Waals surface area contributed by atoms with Gasteiger partial charge >= 0.3 is 5.97 Å². The monoisotopic (exact) mass is 243 g/mol. The van der Waals surface area contributed by atoms with Crippen molar-refractivity contribution >= 4 is 11.9 Å². The number of hydrogen-bond donors (Lipinski definition) is 2. The number of rotatable bonds is 9. The topological polar surface area (TPSA) is 75.6 Å². The van der Waals surface area contributed by atoms with Crippen molar-refractivity contribution in [2.75, 3.05) is 19.8 Å². The van der Waals surface area contributed by atoms with Gasteiger partial charge in [-0.15, -0.1) is 6.58 Å². The molecule has 0 aromatic rings. The molecule has 17 heavy (non-hydrogen) atoms. The third kappa shape index (κ3) is 7.52. The lowest BCUT2D eigenvalue weighted by Crippen LogP contribution is -2.38. The van der Waals surface area contributed by atoms with Crippen molar-refractivity contribution in [2.45, 2.75) is 26.7 Å². The fourth-order valence-electron chi connectivity index (χ4n) is 0.985. The summed E-state index contributed by atoms with van der Waals surface area (Å²) in [5.74, 6) is -1.08. The number of carbonyl (C=O) groups excluding carboxylic acids is 1. The molecule has 5 nitrogen and oxygen atoms in total. The lowest BCUT2D eigenvalue weighted by molar-refractivity contribution is -0.146. The van der Waals surface area contributed by atoms with E-state index in [4.69, 9.17) is 9.84 Å². The Hall–Kier alpha value is -1.36. The SMILES string of the molecule is C=CCOCCCC(=O)NCC(C)(C)C(=O)O. The molecule has 0 bridgehead atoms. The molecule has 0 aliphatic rings. The van der Waals surface area contributed by atoms with Crippen LogP contribution in [0.5, 0.6) is 0 Å². The van der Waals surface area contributed by atoms with E-state index in [1.54, 1.807) is 19.9 Å². The predicted molar refractivity (Wildman–Crippen MR) is 64.7 cm³/mol. The smallest absolute Gasteiger partial charge is 0.310 e. The zero-order valence-corrected chi connectivity index (χ0v) is 10.5. The van der Waals surface area contributed by atoms with E-state index in [1.807, 2.05) is 0 Å². The second-order valence-electron chi connectivity index (χ2n) is 4.43. The van der Waals surface area contributed by atoms with Crippen LogP contribution in [-0.2, 0) is 14.3 Å². The first-order valence-electron chi connectivity index (χ1n) is 5.59. The van der Waals surface area contributed by atoms with Gasteiger partial charge in [0.1, 0.15) is 0 Å². The highest BCUT2D eigenvalue weighted by molar-refractivity contribution is 5.78. The number of carbonyl (C=O) groups is 2. The number of hydrogen-bond acceptors (Lipinski definition) is 3. The molecule has 98 valence electrons. The Bertz CT molecular complexity index is 274. The summed E-state index contributed by atoms with van der Waals surface area (Å²) in [6.07, 6.45) is 2.61. The van der Waals surface area contributed by atoms with Gasteiger partial charge in [0, 0.05) is 19.6 Å². The molecule has 0 aliphatic heterocycles. The van der Waals surface area contributed by atoms with Gasteiger partial charge in [-0.1, -0.05) is 6.08 Å². The van der Waals surface area contributed by atoms with Crippen LogP contribution in [0.25, 0.3) is 0 Å². The Morgan fingerprint density at radius 1 is 1.47 bits per heavy atom. The van der Waals surface area contributed by atoms with Crippen LogP contribution in [0.4, 0.5) is 0 Å². The molecule has 0 saturated carbocycles. The van der Waals surface area contributed by atoms with E-state index in [-0.39, 0.29) is 12.5 Å². The van der Waals surface area contributed by atoms with Crippen molar-refractivity contribution in [2.24, 2.45) is 5.41 Å². The molecule has 0 rings (SSSR count). The Morgan fingerprint density at radius 3 is 2.65 bits per heavy atom. The molecule has 0 aliphatic carbocycles. The maximum absolute atomic E-state index is 11.4. The summed E-state index contributed by atoms with van der Waals surface area (Å²) in [5.41, 5.74) is -0.936. The first-order chi connectivity index (χ1) is 7.90. The Labute approximate surface area is 102 Å². The molecule has 0 fully saturated rings. The van der Waals surface area contributed by atoms with Gasteiger partial charge in [0.25, 0.3) is 0 Å². The van der Waals surface area contributed by atoms with Crippen LogP contribution in [0.2, 0.25) is 0 Å². The quantitative estimate of drug-likeness (QED) is 0.471. The predicted octanol–water partition coefficient (Wildman–Crippen LogP) is 1.20. The van der Waals surface area contributed by atoms with E-state index in [0.29, 0.717) is 26.1 Å². The van der Waals surface area contributed by atoms with E-state index < -0.39 is 11.4 Å². The second kappa shape index (κ2) is 7.84. The summed E-state index contributed by atoms with van der Waals surface area (Å²) in [6, 6.07) is 0. The van der Waals surface area contributed by atoms with E-state index >= 15 is 0 Å². The highest BCUT2D eigenvalue weighted by Gasteiger charge is 2.27. The van der Waals surface area contributed by atoms with Crippen LogP contribution in [0.3, 0.4) is 0 Å². The summed E-state index contributed by atoms with van der Waals surface area (Å²) in [6.45, 7) is 7.77. The van der Waals surface area contributed by atoms with Crippen molar-refractivity contribution in [1.29, 1.82) is 0 Å². The molecule has 5 heteroatoms. The molecule has 0 unspecified atom stereocenters. The van der Waals surface area contributed by atoms with Crippen LogP contribution in [0, 0.1) is 5.41 Å². The van der Waals surface area contributed by atoms with Gasteiger partial charge in [0.2, 0.25) is 5.91 Å². The Balaban J connectivity index is 3.66. The van der Waals surface area contributed by atoms with Crippen molar-refractivity contribution in [3.8, 4) is 0 Å². The fraction of sp³-hybridized carbons (Fsp3) is 0.667. The van der Waals surface area contributed by atoms with Crippen LogP contribution in [0.15, 0.2) is 12.7 Å². The van der Waals surface area contributed by atoms with Gasteiger partial charge in [0.05, 0.1) is 12.0 Å². The van der Waals surface area contributed by atoms with E-state index in [1.165, 1.54) is 0 Å². The van der Waals surface area contributed by atoms with Crippen molar-refractivity contribution in [3.05, 3.63) is 12.7 Å². The summed E-state index contributed by atoms with van der Waals surface area (Å²) in [5, 5.41) is 11.4. The van der Waals surface area contributed by atoms with Gasteiger partial charge in [-0.2, -0.15) is 0 Å². The molecule has 0 atom stereocenters. The van der Waals surface area contributed by atoms with Gasteiger partial charge < -0.3 is 15.2 Å². The maximum atomic E-state index is 11.4. The van der Waals surface area contributed by atoms with Gasteiger partial charge in [0.15, 0.2) is 0 Å². The molecule has 0 spiro atoms.